The van der Waals surface area contributed by atoms with Gasteiger partial charge in [0.2, 0.25) is 0 Å². The number of ether oxygens (including phenoxy) is 2. The summed E-state index contributed by atoms with van der Waals surface area (Å²) in [4.78, 5) is 11.1. The summed E-state index contributed by atoms with van der Waals surface area (Å²) < 4.78 is 11.0. The Kier molecular flexibility index (Phi) is 4.71. The van der Waals surface area contributed by atoms with Crippen LogP contribution in [0.3, 0.4) is 0 Å². The number of hydrogen-bond donors (Lipinski definition) is 2. The second kappa shape index (κ2) is 6.38. The minimum absolute atomic E-state index is 0.346. The molecule has 23 heavy (non-hydrogen) atoms. The molecule has 1 amide bonds. The highest BCUT2D eigenvalue weighted by molar-refractivity contribution is 6.32. The molecular formula is C17H19ClN2O3. The van der Waals surface area contributed by atoms with Crippen LogP contribution < -0.4 is 20.9 Å². The SMILES string of the molecule is CC(C)(C)c1c(OC(N)=O)cccc1Oc1ccc(N)cc1Cl. The number of primary amides is 1. The van der Waals surface area contributed by atoms with Gasteiger partial charge in [-0.15, -0.1) is 0 Å². The largest absolute Gasteiger partial charge is 0.455 e. The molecule has 0 heterocycles. The molecule has 122 valence electrons. The Labute approximate surface area is 140 Å². The quantitative estimate of drug-likeness (QED) is 0.810. The first-order valence-corrected chi connectivity index (χ1v) is 7.40. The zero-order valence-corrected chi connectivity index (χ0v) is 14.0. The van der Waals surface area contributed by atoms with E-state index < -0.39 is 6.09 Å². The van der Waals surface area contributed by atoms with E-state index in [1.165, 1.54) is 0 Å². The standard InChI is InChI=1S/C17H19ClN2O3/c1-17(2,3)15-13(5-4-6-14(15)23-16(20)21)22-12-8-7-10(19)9-11(12)18/h4-9H,19H2,1-3H3,(H2,20,21). The lowest BCUT2D eigenvalue weighted by Gasteiger charge is -2.25. The van der Waals surface area contributed by atoms with Crippen molar-refractivity contribution in [2.75, 3.05) is 5.73 Å². The zero-order valence-electron chi connectivity index (χ0n) is 13.2. The van der Waals surface area contributed by atoms with Crippen LogP contribution in [0.25, 0.3) is 0 Å². The highest BCUT2D eigenvalue weighted by Crippen LogP contribution is 2.42. The van der Waals surface area contributed by atoms with E-state index in [-0.39, 0.29) is 5.41 Å². The summed E-state index contributed by atoms with van der Waals surface area (Å²) in [7, 11) is 0. The van der Waals surface area contributed by atoms with Gasteiger partial charge in [0.1, 0.15) is 17.2 Å². The molecule has 2 aromatic rings. The Morgan fingerprint density at radius 3 is 2.30 bits per heavy atom. The number of carbonyl (C=O) groups is 1. The summed E-state index contributed by atoms with van der Waals surface area (Å²) in [6.45, 7) is 5.94. The zero-order chi connectivity index (χ0) is 17.2. The first kappa shape index (κ1) is 17.0. The van der Waals surface area contributed by atoms with E-state index in [2.05, 4.69) is 0 Å². The highest BCUT2D eigenvalue weighted by atomic mass is 35.5. The molecule has 0 atom stereocenters. The Morgan fingerprint density at radius 1 is 1.09 bits per heavy atom. The number of amides is 1. The molecule has 0 bridgehead atoms. The number of halogens is 1. The van der Waals surface area contributed by atoms with Crippen LogP contribution in [0.1, 0.15) is 26.3 Å². The van der Waals surface area contributed by atoms with E-state index in [1.54, 1.807) is 36.4 Å². The van der Waals surface area contributed by atoms with Crippen LogP contribution in [0.2, 0.25) is 5.02 Å². The van der Waals surface area contributed by atoms with Gasteiger partial charge in [0.15, 0.2) is 0 Å². The predicted molar refractivity (Wildman–Crippen MR) is 91.3 cm³/mol. The Morgan fingerprint density at radius 2 is 1.74 bits per heavy atom. The second-order valence-electron chi connectivity index (χ2n) is 6.09. The molecule has 0 radical (unpaired) electrons. The van der Waals surface area contributed by atoms with Gasteiger partial charge in [-0.2, -0.15) is 0 Å². The fraction of sp³-hybridized carbons (Fsp3) is 0.235. The first-order valence-electron chi connectivity index (χ1n) is 7.02. The Balaban J connectivity index is 2.51. The third-order valence-corrected chi connectivity index (χ3v) is 3.42. The van der Waals surface area contributed by atoms with Crippen LogP contribution >= 0.6 is 11.6 Å². The molecule has 2 rings (SSSR count). The predicted octanol–water partition coefficient (Wildman–Crippen LogP) is 4.47. The summed E-state index contributed by atoms with van der Waals surface area (Å²) >= 11 is 6.16. The molecule has 0 fully saturated rings. The van der Waals surface area contributed by atoms with Gasteiger partial charge in [0.25, 0.3) is 0 Å². The molecular weight excluding hydrogens is 316 g/mol. The summed E-state index contributed by atoms with van der Waals surface area (Å²) in [5, 5.41) is 0.395. The molecule has 0 saturated heterocycles. The van der Waals surface area contributed by atoms with Crippen molar-refractivity contribution in [2.24, 2.45) is 5.73 Å². The van der Waals surface area contributed by atoms with Crippen molar-refractivity contribution in [2.45, 2.75) is 26.2 Å². The van der Waals surface area contributed by atoms with E-state index in [0.717, 1.165) is 0 Å². The summed E-state index contributed by atoms with van der Waals surface area (Å²) in [6, 6.07) is 10.2. The maximum atomic E-state index is 11.1. The van der Waals surface area contributed by atoms with Crippen molar-refractivity contribution >= 4 is 23.4 Å². The van der Waals surface area contributed by atoms with E-state index in [4.69, 9.17) is 32.5 Å². The number of hydrogen-bond acceptors (Lipinski definition) is 4. The Bertz CT molecular complexity index is 739. The average Bonchev–Trinajstić information content (AvgIpc) is 2.40. The van der Waals surface area contributed by atoms with Gasteiger partial charge in [-0.25, -0.2) is 4.79 Å². The van der Waals surface area contributed by atoms with Crippen LogP contribution in [0, 0.1) is 0 Å². The Hall–Kier alpha value is -2.40. The molecule has 0 spiro atoms. The first-order chi connectivity index (χ1) is 10.7. The van der Waals surface area contributed by atoms with Crippen LogP contribution in [-0.4, -0.2) is 6.09 Å². The molecule has 6 heteroatoms. The van der Waals surface area contributed by atoms with E-state index in [0.29, 0.717) is 33.5 Å². The van der Waals surface area contributed by atoms with Crippen molar-refractivity contribution in [3.05, 3.63) is 47.0 Å². The van der Waals surface area contributed by atoms with Crippen LogP contribution in [0.4, 0.5) is 10.5 Å². The van der Waals surface area contributed by atoms with Gasteiger partial charge in [-0.3, -0.25) is 0 Å². The summed E-state index contributed by atoms with van der Waals surface area (Å²) in [5.74, 6) is 1.35. The fourth-order valence-corrected chi connectivity index (χ4v) is 2.47. The molecule has 0 aliphatic rings. The number of nitrogens with two attached hydrogens (primary N) is 2. The summed E-state index contributed by atoms with van der Waals surface area (Å²) in [5.41, 5.74) is 11.7. The van der Waals surface area contributed by atoms with Gasteiger partial charge in [-0.05, 0) is 35.7 Å². The van der Waals surface area contributed by atoms with Gasteiger partial charge in [-0.1, -0.05) is 38.4 Å². The molecule has 0 aliphatic heterocycles. The van der Waals surface area contributed by atoms with E-state index >= 15 is 0 Å². The average molecular weight is 335 g/mol. The van der Waals surface area contributed by atoms with Crippen LogP contribution in [0.15, 0.2) is 36.4 Å². The molecule has 5 nitrogen and oxygen atoms in total. The number of nitrogen functional groups attached to an aromatic ring is 1. The topological polar surface area (TPSA) is 87.6 Å². The molecule has 0 aromatic heterocycles. The minimum Gasteiger partial charge on any atom is -0.455 e. The lowest BCUT2D eigenvalue weighted by molar-refractivity contribution is 0.209. The smallest absolute Gasteiger partial charge is 0.409 e. The lowest BCUT2D eigenvalue weighted by Crippen LogP contribution is -2.21. The number of anilines is 1. The minimum atomic E-state index is -0.877. The molecule has 2 aromatic carbocycles. The second-order valence-corrected chi connectivity index (χ2v) is 6.50. The maximum absolute atomic E-state index is 11.1. The van der Waals surface area contributed by atoms with Gasteiger partial charge >= 0.3 is 6.09 Å². The van der Waals surface area contributed by atoms with Gasteiger partial charge < -0.3 is 20.9 Å². The van der Waals surface area contributed by atoms with Crippen molar-refractivity contribution < 1.29 is 14.3 Å². The third kappa shape index (κ3) is 4.07. The molecule has 0 aliphatic carbocycles. The van der Waals surface area contributed by atoms with Gasteiger partial charge in [0.05, 0.1) is 5.02 Å². The maximum Gasteiger partial charge on any atom is 0.409 e. The van der Waals surface area contributed by atoms with E-state index in [1.807, 2.05) is 20.8 Å². The van der Waals surface area contributed by atoms with Crippen molar-refractivity contribution in [1.29, 1.82) is 0 Å². The van der Waals surface area contributed by atoms with Crippen molar-refractivity contribution in [3.8, 4) is 17.2 Å². The molecule has 0 saturated carbocycles. The highest BCUT2D eigenvalue weighted by Gasteiger charge is 2.25. The normalized spacial score (nSPS) is 11.1. The number of benzene rings is 2. The fourth-order valence-electron chi connectivity index (χ4n) is 2.25. The van der Waals surface area contributed by atoms with Gasteiger partial charge in [0, 0.05) is 11.3 Å². The number of rotatable bonds is 3. The number of carbonyl (C=O) groups excluding carboxylic acids is 1. The lowest BCUT2D eigenvalue weighted by atomic mass is 9.85. The molecule has 0 unspecified atom stereocenters. The van der Waals surface area contributed by atoms with Crippen LogP contribution in [0.5, 0.6) is 17.2 Å². The summed E-state index contributed by atoms with van der Waals surface area (Å²) in [6.07, 6.45) is -0.877. The monoisotopic (exact) mass is 334 g/mol. The molecule has 4 N–H and O–H groups in total. The van der Waals surface area contributed by atoms with Crippen molar-refractivity contribution in [3.63, 3.8) is 0 Å². The third-order valence-electron chi connectivity index (χ3n) is 3.12. The van der Waals surface area contributed by atoms with Crippen LogP contribution in [-0.2, 0) is 5.41 Å². The van der Waals surface area contributed by atoms with Crippen molar-refractivity contribution in [1.82, 2.24) is 0 Å². The van der Waals surface area contributed by atoms with E-state index in [9.17, 15) is 4.79 Å².